The number of nitrogens with one attached hydrogen (secondary N) is 1. The van der Waals surface area contributed by atoms with Crippen LogP contribution in [-0.4, -0.2) is 31.8 Å². The van der Waals surface area contributed by atoms with Gasteiger partial charge >= 0.3 is 5.69 Å². The molecule has 1 aliphatic carbocycles. The Labute approximate surface area is 120 Å². The Bertz CT molecular complexity index is 787. The predicted molar refractivity (Wildman–Crippen MR) is 77.4 cm³/mol. The molecule has 0 amide bonds. The molecule has 21 heavy (non-hydrogen) atoms. The van der Waals surface area contributed by atoms with Crippen LogP contribution in [0.5, 0.6) is 6.01 Å². The standard InChI is InChI=1S/C13H19N5O3/c1-17-10-9(11(19)18(2)13(17)20)15-12(16-10)21-8-5-3-4-7(8)6-14/h7-8H,3-6,14H2,1-2H3,(H,15,16). The monoisotopic (exact) mass is 293 g/mol. The smallest absolute Gasteiger partial charge is 0.332 e. The highest BCUT2D eigenvalue weighted by atomic mass is 16.5. The van der Waals surface area contributed by atoms with Crippen molar-refractivity contribution in [1.82, 2.24) is 19.1 Å². The zero-order valence-corrected chi connectivity index (χ0v) is 12.1. The van der Waals surface area contributed by atoms with E-state index in [1.807, 2.05) is 0 Å². The van der Waals surface area contributed by atoms with Crippen LogP contribution in [0.15, 0.2) is 9.59 Å². The molecule has 2 atom stereocenters. The molecule has 0 saturated heterocycles. The third kappa shape index (κ3) is 2.15. The maximum Gasteiger partial charge on any atom is 0.332 e. The van der Waals surface area contributed by atoms with Gasteiger partial charge in [0.25, 0.3) is 11.6 Å². The highest BCUT2D eigenvalue weighted by molar-refractivity contribution is 5.70. The molecule has 2 aromatic rings. The lowest BCUT2D eigenvalue weighted by atomic mass is 10.1. The fourth-order valence-corrected chi connectivity index (χ4v) is 2.93. The first-order valence-electron chi connectivity index (χ1n) is 7.05. The average Bonchev–Trinajstić information content (AvgIpc) is 3.10. The van der Waals surface area contributed by atoms with Crippen LogP contribution in [0.1, 0.15) is 19.3 Å². The van der Waals surface area contributed by atoms with Crippen LogP contribution >= 0.6 is 0 Å². The lowest BCUT2D eigenvalue weighted by Crippen LogP contribution is -2.36. The van der Waals surface area contributed by atoms with Gasteiger partial charge in [-0.25, -0.2) is 4.79 Å². The molecule has 1 fully saturated rings. The van der Waals surface area contributed by atoms with Crippen molar-refractivity contribution in [2.45, 2.75) is 25.4 Å². The number of aromatic amines is 1. The van der Waals surface area contributed by atoms with Gasteiger partial charge in [0.2, 0.25) is 0 Å². The number of hydrogen-bond acceptors (Lipinski definition) is 5. The molecular formula is C13H19N5O3. The minimum atomic E-state index is -0.411. The van der Waals surface area contributed by atoms with Crippen LogP contribution < -0.4 is 21.7 Å². The Morgan fingerprint density at radius 3 is 2.81 bits per heavy atom. The van der Waals surface area contributed by atoms with E-state index in [9.17, 15) is 9.59 Å². The number of rotatable bonds is 3. The highest BCUT2D eigenvalue weighted by Gasteiger charge is 2.29. The minimum Gasteiger partial charge on any atom is -0.461 e. The van der Waals surface area contributed by atoms with Crippen LogP contribution in [0.4, 0.5) is 0 Å². The van der Waals surface area contributed by atoms with E-state index in [2.05, 4.69) is 9.97 Å². The second-order valence-corrected chi connectivity index (χ2v) is 5.53. The molecule has 0 aliphatic heterocycles. The van der Waals surface area contributed by atoms with E-state index < -0.39 is 11.2 Å². The topological polar surface area (TPSA) is 108 Å². The van der Waals surface area contributed by atoms with Crippen molar-refractivity contribution in [3.05, 3.63) is 20.8 Å². The van der Waals surface area contributed by atoms with E-state index >= 15 is 0 Å². The highest BCUT2D eigenvalue weighted by Crippen LogP contribution is 2.28. The van der Waals surface area contributed by atoms with Crippen molar-refractivity contribution in [3.63, 3.8) is 0 Å². The van der Waals surface area contributed by atoms with Gasteiger partial charge in [-0.3, -0.25) is 13.9 Å². The number of aromatic nitrogens is 4. The number of H-pyrrole nitrogens is 1. The predicted octanol–water partition coefficient (Wildman–Crippen LogP) is -0.533. The molecule has 114 valence electrons. The van der Waals surface area contributed by atoms with Crippen molar-refractivity contribution in [1.29, 1.82) is 0 Å². The second-order valence-electron chi connectivity index (χ2n) is 5.53. The minimum absolute atomic E-state index is 0.0106. The summed E-state index contributed by atoms with van der Waals surface area (Å²) in [6.07, 6.45) is 3.06. The number of hydrogen-bond donors (Lipinski definition) is 2. The molecule has 0 bridgehead atoms. The number of ether oxygens (including phenoxy) is 1. The van der Waals surface area contributed by atoms with Gasteiger partial charge in [-0.2, -0.15) is 4.98 Å². The Morgan fingerprint density at radius 2 is 2.10 bits per heavy atom. The number of nitrogens with two attached hydrogens (primary N) is 1. The maximum atomic E-state index is 12.1. The molecular weight excluding hydrogens is 274 g/mol. The summed E-state index contributed by atoms with van der Waals surface area (Å²) in [5.41, 5.74) is 5.50. The zero-order chi connectivity index (χ0) is 15.1. The van der Waals surface area contributed by atoms with Crippen molar-refractivity contribution in [2.75, 3.05) is 6.54 Å². The van der Waals surface area contributed by atoms with Gasteiger partial charge in [0, 0.05) is 20.0 Å². The van der Waals surface area contributed by atoms with E-state index in [0.29, 0.717) is 18.1 Å². The molecule has 0 aromatic carbocycles. The summed E-state index contributed by atoms with van der Waals surface area (Å²) in [6, 6.07) is 0.272. The molecule has 2 aromatic heterocycles. The van der Waals surface area contributed by atoms with Gasteiger partial charge in [-0.1, -0.05) is 0 Å². The summed E-state index contributed by atoms with van der Waals surface area (Å²) in [5, 5.41) is 0. The molecule has 8 heteroatoms. The Morgan fingerprint density at radius 1 is 1.33 bits per heavy atom. The molecule has 0 spiro atoms. The molecule has 3 N–H and O–H groups in total. The summed E-state index contributed by atoms with van der Waals surface area (Å²) < 4.78 is 8.22. The summed E-state index contributed by atoms with van der Waals surface area (Å²) in [6.45, 7) is 0.575. The van der Waals surface area contributed by atoms with E-state index in [1.165, 1.54) is 11.6 Å². The lowest BCUT2D eigenvalue weighted by Gasteiger charge is -2.17. The van der Waals surface area contributed by atoms with Crippen molar-refractivity contribution in [2.24, 2.45) is 25.7 Å². The van der Waals surface area contributed by atoms with Gasteiger partial charge in [-0.15, -0.1) is 0 Å². The lowest BCUT2D eigenvalue weighted by molar-refractivity contribution is 0.150. The first kappa shape index (κ1) is 13.9. The molecule has 2 unspecified atom stereocenters. The van der Waals surface area contributed by atoms with Crippen molar-refractivity contribution < 1.29 is 4.74 Å². The first-order valence-corrected chi connectivity index (χ1v) is 7.05. The molecule has 1 saturated carbocycles. The Kier molecular flexibility index (Phi) is 3.32. The van der Waals surface area contributed by atoms with Crippen LogP contribution in [0.2, 0.25) is 0 Å². The fourth-order valence-electron chi connectivity index (χ4n) is 2.93. The van der Waals surface area contributed by atoms with Crippen LogP contribution in [-0.2, 0) is 14.1 Å². The van der Waals surface area contributed by atoms with E-state index in [4.69, 9.17) is 10.5 Å². The number of aryl methyl sites for hydroxylation is 1. The largest absolute Gasteiger partial charge is 0.461 e. The quantitative estimate of drug-likeness (QED) is 0.790. The second kappa shape index (κ2) is 5.03. The molecule has 8 nitrogen and oxygen atoms in total. The maximum absolute atomic E-state index is 12.1. The van der Waals surface area contributed by atoms with E-state index in [-0.39, 0.29) is 17.6 Å². The first-order chi connectivity index (χ1) is 10.0. The van der Waals surface area contributed by atoms with Gasteiger partial charge in [-0.05, 0) is 25.8 Å². The van der Waals surface area contributed by atoms with Crippen molar-refractivity contribution in [3.8, 4) is 6.01 Å². The fraction of sp³-hybridized carbons (Fsp3) is 0.615. The zero-order valence-electron chi connectivity index (χ0n) is 12.1. The van der Waals surface area contributed by atoms with Crippen LogP contribution in [0.25, 0.3) is 11.2 Å². The van der Waals surface area contributed by atoms with Gasteiger partial charge in [0.15, 0.2) is 11.2 Å². The third-order valence-electron chi connectivity index (χ3n) is 4.23. The summed E-state index contributed by atoms with van der Waals surface area (Å²) >= 11 is 0. The van der Waals surface area contributed by atoms with Gasteiger partial charge in [0.1, 0.15) is 6.10 Å². The average molecular weight is 293 g/mol. The summed E-state index contributed by atoms with van der Waals surface area (Å²) in [5.74, 6) is 0.310. The van der Waals surface area contributed by atoms with Gasteiger partial charge in [0.05, 0.1) is 0 Å². The Hall–Kier alpha value is -2.09. The van der Waals surface area contributed by atoms with Crippen LogP contribution in [0, 0.1) is 5.92 Å². The number of imidazole rings is 1. The molecule has 2 heterocycles. The van der Waals surface area contributed by atoms with Crippen LogP contribution in [0.3, 0.4) is 0 Å². The molecule has 0 radical (unpaired) electrons. The summed E-state index contributed by atoms with van der Waals surface area (Å²) in [7, 11) is 3.01. The number of fused-ring (bicyclic) bond motifs is 1. The third-order valence-corrected chi connectivity index (χ3v) is 4.23. The Balaban J connectivity index is 2.02. The molecule has 3 rings (SSSR count). The summed E-state index contributed by atoms with van der Waals surface area (Å²) in [4.78, 5) is 31.1. The van der Waals surface area contributed by atoms with Gasteiger partial charge < -0.3 is 15.5 Å². The number of nitrogens with zero attached hydrogens (tertiary/aromatic N) is 3. The van der Waals surface area contributed by atoms with Crippen molar-refractivity contribution >= 4 is 11.2 Å². The molecule has 1 aliphatic rings. The van der Waals surface area contributed by atoms with E-state index in [0.717, 1.165) is 23.8 Å². The SMILES string of the molecule is Cn1c(=O)c2[nH]c(OC3CCCC3CN)nc2n(C)c1=O. The normalized spacial score (nSPS) is 22.0. The van der Waals surface area contributed by atoms with E-state index in [1.54, 1.807) is 7.05 Å².